The minimum atomic E-state index is -0.377. The van der Waals surface area contributed by atoms with Crippen molar-refractivity contribution in [2.45, 2.75) is 0 Å². The SMILES string of the molecule is COc1cccc2cc(-c3nnc(NC(=O)c4ccc(Cl)s4)o3)oc12. The highest BCUT2D eigenvalue weighted by atomic mass is 35.5. The Balaban J connectivity index is 1.60. The predicted molar refractivity (Wildman–Crippen MR) is 93.3 cm³/mol. The number of fused-ring (bicyclic) bond motifs is 1. The number of aromatic nitrogens is 2. The molecule has 4 aromatic rings. The number of benzene rings is 1. The van der Waals surface area contributed by atoms with Crippen LogP contribution < -0.4 is 10.1 Å². The van der Waals surface area contributed by atoms with Gasteiger partial charge in [-0.15, -0.1) is 16.4 Å². The quantitative estimate of drug-likeness (QED) is 0.566. The van der Waals surface area contributed by atoms with Gasteiger partial charge < -0.3 is 13.6 Å². The number of anilines is 1. The predicted octanol–water partition coefficient (Wildman–Crippen LogP) is 4.46. The lowest BCUT2D eigenvalue weighted by Gasteiger charge is -1.98. The van der Waals surface area contributed by atoms with Gasteiger partial charge in [0.2, 0.25) is 0 Å². The lowest BCUT2D eigenvalue weighted by Crippen LogP contribution is -2.10. The summed E-state index contributed by atoms with van der Waals surface area (Å²) in [4.78, 5) is 12.5. The molecule has 7 nitrogen and oxygen atoms in total. The molecule has 0 atom stereocenters. The molecule has 0 bridgehead atoms. The summed E-state index contributed by atoms with van der Waals surface area (Å²) in [6.07, 6.45) is 0. The first-order chi connectivity index (χ1) is 12.1. The average molecular weight is 376 g/mol. The van der Waals surface area contributed by atoms with Gasteiger partial charge in [-0.25, -0.2) is 0 Å². The second-order valence-electron chi connectivity index (χ2n) is 4.96. The van der Waals surface area contributed by atoms with Crippen LogP contribution in [-0.2, 0) is 0 Å². The van der Waals surface area contributed by atoms with E-state index < -0.39 is 0 Å². The number of halogens is 1. The van der Waals surface area contributed by atoms with E-state index >= 15 is 0 Å². The molecule has 126 valence electrons. The van der Waals surface area contributed by atoms with Gasteiger partial charge in [0.1, 0.15) is 0 Å². The molecule has 0 aliphatic heterocycles. The number of hydrogen-bond donors (Lipinski definition) is 1. The normalized spacial score (nSPS) is 11.0. The van der Waals surface area contributed by atoms with Gasteiger partial charge >= 0.3 is 6.01 Å². The molecule has 0 aliphatic carbocycles. The van der Waals surface area contributed by atoms with Crippen molar-refractivity contribution >= 4 is 45.8 Å². The Morgan fingerprint density at radius 2 is 2.12 bits per heavy atom. The molecule has 3 heterocycles. The van der Waals surface area contributed by atoms with Crippen LogP contribution in [0.15, 0.2) is 45.2 Å². The Hall–Kier alpha value is -2.84. The summed E-state index contributed by atoms with van der Waals surface area (Å²) >= 11 is 6.98. The minimum Gasteiger partial charge on any atom is -0.493 e. The van der Waals surface area contributed by atoms with Crippen LogP contribution in [0.1, 0.15) is 9.67 Å². The number of nitrogens with zero attached hydrogens (tertiary/aromatic N) is 2. The first-order valence-corrected chi connectivity index (χ1v) is 8.30. The fraction of sp³-hybridized carbons (Fsp3) is 0.0625. The molecular weight excluding hydrogens is 366 g/mol. The highest BCUT2D eigenvalue weighted by molar-refractivity contribution is 7.18. The van der Waals surface area contributed by atoms with E-state index in [1.165, 1.54) is 0 Å². The van der Waals surface area contributed by atoms with E-state index in [0.717, 1.165) is 16.7 Å². The number of para-hydroxylation sites is 1. The molecule has 0 spiro atoms. The van der Waals surface area contributed by atoms with Crippen molar-refractivity contribution in [3.63, 3.8) is 0 Å². The summed E-state index contributed by atoms with van der Waals surface area (Å²) in [5.74, 6) is 0.758. The standard InChI is InChI=1S/C16H10ClN3O4S/c1-22-9-4-2-3-8-7-10(23-13(8)9)15-19-20-16(24-15)18-14(21)11-5-6-12(17)25-11/h2-7H,1H3,(H,18,20,21). The summed E-state index contributed by atoms with van der Waals surface area (Å²) in [6.45, 7) is 0. The van der Waals surface area contributed by atoms with Crippen LogP contribution in [-0.4, -0.2) is 23.2 Å². The molecule has 0 unspecified atom stereocenters. The van der Waals surface area contributed by atoms with E-state index in [1.54, 1.807) is 31.4 Å². The summed E-state index contributed by atoms with van der Waals surface area (Å²) in [5, 5.41) is 11.1. The fourth-order valence-corrected chi connectivity index (χ4v) is 3.21. The van der Waals surface area contributed by atoms with Crippen molar-refractivity contribution < 1.29 is 18.4 Å². The third-order valence-electron chi connectivity index (χ3n) is 3.38. The number of furan rings is 1. The zero-order chi connectivity index (χ0) is 17.4. The van der Waals surface area contributed by atoms with E-state index in [-0.39, 0.29) is 17.8 Å². The van der Waals surface area contributed by atoms with Crippen molar-refractivity contribution in [1.82, 2.24) is 10.2 Å². The Kier molecular flexibility index (Phi) is 3.90. The summed E-state index contributed by atoms with van der Waals surface area (Å²) in [6, 6.07) is 10.5. The Labute approximate surface area is 150 Å². The second kappa shape index (κ2) is 6.23. The van der Waals surface area contributed by atoms with Crippen LogP contribution in [0.25, 0.3) is 22.6 Å². The van der Waals surface area contributed by atoms with Crippen molar-refractivity contribution in [3.8, 4) is 17.4 Å². The first kappa shape index (κ1) is 15.7. The number of carbonyl (C=O) groups is 1. The third kappa shape index (κ3) is 2.97. The maximum absolute atomic E-state index is 12.1. The number of amides is 1. The molecule has 1 amide bonds. The number of hydrogen-bond acceptors (Lipinski definition) is 7. The van der Waals surface area contributed by atoms with Gasteiger partial charge in [0.05, 0.1) is 16.3 Å². The van der Waals surface area contributed by atoms with Gasteiger partial charge in [-0.05, 0) is 24.3 Å². The van der Waals surface area contributed by atoms with Crippen molar-refractivity contribution in [1.29, 1.82) is 0 Å². The largest absolute Gasteiger partial charge is 0.493 e. The van der Waals surface area contributed by atoms with Crippen LogP contribution in [0, 0.1) is 0 Å². The molecule has 1 N–H and O–H groups in total. The second-order valence-corrected chi connectivity index (χ2v) is 6.67. The van der Waals surface area contributed by atoms with Crippen molar-refractivity contribution in [3.05, 3.63) is 45.6 Å². The van der Waals surface area contributed by atoms with Crippen molar-refractivity contribution in [2.24, 2.45) is 0 Å². The molecule has 0 saturated carbocycles. The van der Waals surface area contributed by atoms with E-state index in [4.69, 9.17) is 25.2 Å². The van der Waals surface area contributed by atoms with Crippen LogP contribution in [0.3, 0.4) is 0 Å². The Bertz CT molecular complexity index is 1070. The molecular formula is C16H10ClN3O4S. The topological polar surface area (TPSA) is 90.4 Å². The lowest BCUT2D eigenvalue weighted by atomic mass is 10.2. The Morgan fingerprint density at radius 3 is 2.88 bits per heavy atom. The van der Waals surface area contributed by atoms with E-state index in [1.807, 2.05) is 12.1 Å². The van der Waals surface area contributed by atoms with Crippen LogP contribution in [0.4, 0.5) is 6.01 Å². The monoisotopic (exact) mass is 375 g/mol. The summed E-state index contributed by atoms with van der Waals surface area (Å²) in [7, 11) is 1.56. The van der Waals surface area contributed by atoms with Gasteiger partial charge in [-0.3, -0.25) is 10.1 Å². The van der Waals surface area contributed by atoms with Gasteiger partial charge in [0, 0.05) is 5.39 Å². The maximum Gasteiger partial charge on any atom is 0.322 e. The Morgan fingerprint density at radius 1 is 1.24 bits per heavy atom. The molecule has 0 fully saturated rings. The third-order valence-corrected chi connectivity index (χ3v) is 4.61. The number of nitrogens with one attached hydrogen (secondary N) is 1. The molecule has 3 aromatic heterocycles. The van der Waals surface area contributed by atoms with Crippen molar-refractivity contribution in [2.75, 3.05) is 12.4 Å². The molecule has 0 saturated heterocycles. The molecule has 0 radical (unpaired) electrons. The summed E-state index contributed by atoms with van der Waals surface area (Å²) in [5.41, 5.74) is 0.581. The fourth-order valence-electron chi connectivity index (χ4n) is 2.27. The minimum absolute atomic E-state index is 0.0306. The van der Waals surface area contributed by atoms with Crippen LogP contribution >= 0.6 is 22.9 Å². The first-order valence-electron chi connectivity index (χ1n) is 7.11. The molecule has 9 heteroatoms. The van der Waals surface area contributed by atoms with Gasteiger partial charge in [0.25, 0.3) is 11.8 Å². The maximum atomic E-state index is 12.1. The zero-order valence-corrected chi connectivity index (χ0v) is 14.4. The van der Waals surface area contributed by atoms with E-state index in [0.29, 0.717) is 26.3 Å². The number of methoxy groups -OCH3 is 1. The van der Waals surface area contributed by atoms with Gasteiger partial charge in [0.15, 0.2) is 17.1 Å². The number of carbonyl (C=O) groups excluding carboxylic acids is 1. The number of rotatable bonds is 4. The number of thiophene rings is 1. The highest BCUT2D eigenvalue weighted by Crippen LogP contribution is 2.33. The molecule has 1 aromatic carbocycles. The molecule has 25 heavy (non-hydrogen) atoms. The van der Waals surface area contributed by atoms with Gasteiger partial charge in [-0.2, -0.15) is 0 Å². The summed E-state index contributed by atoms with van der Waals surface area (Å²) < 4.78 is 17.0. The van der Waals surface area contributed by atoms with E-state index in [9.17, 15) is 4.79 Å². The number of ether oxygens (including phenoxy) is 1. The highest BCUT2D eigenvalue weighted by Gasteiger charge is 2.18. The smallest absolute Gasteiger partial charge is 0.322 e. The van der Waals surface area contributed by atoms with Gasteiger partial charge in [-0.1, -0.05) is 28.8 Å². The molecule has 4 rings (SSSR count). The zero-order valence-electron chi connectivity index (χ0n) is 12.8. The lowest BCUT2D eigenvalue weighted by molar-refractivity contribution is 0.102. The van der Waals surface area contributed by atoms with Crippen LogP contribution in [0.2, 0.25) is 4.34 Å². The van der Waals surface area contributed by atoms with E-state index in [2.05, 4.69) is 15.5 Å². The van der Waals surface area contributed by atoms with Crippen LogP contribution in [0.5, 0.6) is 5.75 Å². The molecule has 0 aliphatic rings. The average Bonchev–Trinajstić information content (AvgIpc) is 3.32.